The zero-order chi connectivity index (χ0) is 13.8. The van der Waals surface area contributed by atoms with Crippen LogP contribution in [-0.2, 0) is 16.2 Å². The molecule has 1 aromatic rings. The van der Waals surface area contributed by atoms with Crippen molar-refractivity contribution in [2.24, 2.45) is 5.73 Å². The summed E-state index contributed by atoms with van der Waals surface area (Å²) in [4.78, 5) is 16.6. The van der Waals surface area contributed by atoms with Crippen LogP contribution in [0.1, 0.15) is 44.1 Å². The Kier molecular flexibility index (Phi) is 12.2. The summed E-state index contributed by atoms with van der Waals surface area (Å²) in [7, 11) is 0. The van der Waals surface area contributed by atoms with E-state index in [4.69, 9.17) is 10.6 Å². The molecular formula is C15H25ClN2O2. The molecule has 1 aromatic carbocycles. The summed E-state index contributed by atoms with van der Waals surface area (Å²) in [6, 6.07) is 9.77. The van der Waals surface area contributed by atoms with E-state index in [1.165, 1.54) is 0 Å². The van der Waals surface area contributed by atoms with Gasteiger partial charge in [-0.2, -0.15) is 0 Å². The number of hydrogen-bond donors (Lipinski definition) is 2. The van der Waals surface area contributed by atoms with Crippen LogP contribution < -0.4 is 11.2 Å². The summed E-state index contributed by atoms with van der Waals surface area (Å²) in [5.41, 5.74) is 8.93. The van der Waals surface area contributed by atoms with Crippen LogP contribution in [0.25, 0.3) is 0 Å². The molecule has 0 saturated heterocycles. The summed E-state index contributed by atoms with van der Waals surface area (Å²) < 4.78 is 0. The molecule has 4 nitrogen and oxygen atoms in total. The molecule has 0 bridgehead atoms. The molecule has 0 aliphatic heterocycles. The lowest BCUT2D eigenvalue weighted by atomic mass is 10.1. The Bertz CT molecular complexity index is 347. The molecule has 3 N–H and O–H groups in total. The third kappa shape index (κ3) is 9.78. The Labute approximate surface area is 127 Å². The molecule has 0 aromatic heterocycles. The minimum absolute atomic E-state index is 0. The van der Waals surface area contributed by atoms with Crippen LogP contribution in [0.4, 0.5) is 0 Å². The lowest BCUT2D eigenvalue weighted by molar-refractivity contribution is -0.134. The van der Waals surface area contributed by atoms with Gasteiger partial charge in [-0.25, -0.2) is 5.48 Å². The lowest BCUT2D eigenvalue weighted by Crippen LogP contribution is -2.23. The predicted octanol–water partition coefficient (Wildman–Crippen LogP) is 2.96. The second kappa shape index (κ2) is 12.9. The molecule has 0 aliphatic rings. The van der Waals surface area contributed by atoms with Crippen molar-refractivity contribution in [1.82, 2.24) is 5.48 Å². The number of halogens is 1. The molecule has 0 fully saturated rings. The average molecular weight is 301 g/mol. The van der Waals surface area contributed by atoms with E-state index in [0.29, 0.717) is 13.0 Å². The van der Waals surface area contributed by atoms with Crippen molar-refractivity contribution >= 4 is 18.3 Å². The third-order valence-electron chi connectivity index (χ3n) is 2.88. The van der Waals surface area contributed by atoms with Crippen LogP contribution in [-0.4, -0.2) is 12.5 Å². The summed E-state index contributed by atoms with van der Waals surface area (Å²) >= 11 is 0. The number of amides is 1. The molecule has 0 unspecified atom stereocenters. The van der Waals surface area contributed by atoms with Gasteiger partial charge in [0.1, 0.15) is 0 Å². The Morgan fingerprint density at radius 3 is 2.40 bits per heavy atom. The summed E-state index contributed by atoms with van der Waals surface area (Å²) in [5.74, 6) is -0.0465. The van der Waals surface area contributed by atoms with E-state index in [2.05, 4.69) is 5.48 Å². The maximum absolute atomic E-state index is 11.5. The van der Waals surface area contributed by atoms with Crippen molar-refractivity contribution in [3.8, 4) is 0 Å². The highest BCUT2D eigenvalue weighted by molar-refractivity contribution is 5.85. The van der Waals surface area contributed by atoms with E-state index in [9.17, 15) is 4.79 Å². The number of rotatable bonds is 10. The maximum atomic E-state index is 11.5. The molecule has 0 atom stereocenters. The number of carbonyl (C=O) groups is 1. The normalized spacial score (nSPS) is 9.85. The van der Waals surface area contributed by atoms with Crippen LogP contribution in [0, 0.1) is 0 Å². The summed E-state index contributed by atoms with van der Waals surface area (Å²) in [5, 5.41) is 0. The van der Waals surface area contributed by atoms with Crippen LogP contribution >= 0.6 is 12.4 Å². The Hall–Kier alpha value is -1.10. The Balaban J connectivity index is 0.00000361. The summed E-state index contributed by atoms with van der Waals surface area (Å²) in [6.07, 6.45) is 5.89. The monoisotopic (exact) mass is 300 g/mol. The fourth-order valence-corrected chi connectivity index (χ4v) is 1.79. The van der Waals surface area contributed by atoms with Crippen LogP contribution in [0.15, 0.2) is 30.3 Å². The van der Waals surface area contributed by atoms with Crippen molar-refractivity contribution in [2.75, 3.05) is 6.54 Å². The Morgan fingerprint density at radius 2 is 1.70 bits per heavy atom. The number of hydrogen-bond acceptors (Lipinski definition) is 3. The summed E-state index contributed by atoms with van der Waals surface area (Å²) in [6.45, 7) is 1.16. The third-order valence-corrected chi connectivity index (χ3v) is 2.88. The number of carbonyl (C=O) groups excluding carboxylic acids is 1. The smallest absolute Gasteiger partial charge is 0.243 e. The van der Waals surface area contributed by atoms with Gasteiger partial charge in [-0.1, -0.05) is 49.6 Å². The first kappa shape index (κ1) is 18.9. The van der Waals surface area contributed by atoms with Gasteiger partial charge in [0.25, 0.3) is 0 Å². The van der Waals surface area contributed by atoms with Crippen molar-refractivity contribution in [2.45, 2.75) is 45.1 Å². The van der Waals surface area contributed by atoms with E-state index in [1.807, 2.05) is 30.3 Å². The van der Waals surface area contributed by atoms with Gasteiger partial charge in [-0.05, 0) is 24.9 Å². The topological polar surface area (TPSA) is 64.4 Å². The highest BCUT2D eigenvalue weighted by Crippen LogP contribution is 2.05. The number of nitrogens with two attached hydrogens (primary N) is 1. The number of benzene rings is 1. The maximum Gasteiger partial charge on any atom is 0.243 e. The van der Waals surface area contributed by atoms with Crippen LogP contribution in [0.5, 0.6) is 0 Å². The molecule has 0 radical (unpaired) electrons. The molecular weight excluding hydrogens is 276 g/mol. The number of hydroxylamine groups is 1. The fraction of sp³-hybridized carbons (Fsp3) is 0.533. The molecule has 1 rings (SSSR count). The van der Waals surface area contributed by atoms with Crippen molar-refractivity contribution in [3.63, 3.8) is 0 Å². The molecule has 0 saturated carbocycles. The van der Waals surface area contributed by atoms with Gasteiger partial charge in [0.15, 0.2) is 0 Å². The van der Waals surface area contributed by atoms with E-state index < -0.39 is 0 Å². The quantitative estimate of drug-likeness (QED) is 0.516. The van der Waals surface area contributed by atoms with Gasteiger partial charge in [-0.15, -0.1) is 12.4 Å². The van der Waals surface area contributed by atoms with Crippen molar-refractivity contribution in [1.29, 1.82) is 0 Å². The SMILES string of the molecule is Cl.NCCCCCCCC(=O)NOCc1ccccc1. The second-order valence-electron chi connectivity index (χ2n) is 4.61. The highest BCUT2D eigenvalue weighted by atomic mass is 35.5. The van der Waals surface area contributed by atoms with E-state index in [0.717, 1.165) is 44.2 Å². The van der Waals surface area contributed by atoms with Crippen LogP contribution in [0.2, 0.25) is 0 Å². The zero-order valence-corrected chi connectivity index (χ0v) is 12.7. The van der Waals surface area contributed by atoms with Crippen LogP contribution in [0.3, 0.4) is 0 Å². The predicted molar refractivity (Wildman–Crippen MR) is 83.4 cm³/mol. The molecule has 20 heavy (non-hydrogen) atoms. The lowest BCUT2D eigenvalue weighted by Gasteiger charge is -2.06. The average Bonchev–Trinajstić information content (AvgIpc) is 2.44. The highest BCUT2D eigenvalue weighted by Gasteiger charge is 2.01. The van der Waals surface area contributed by atoms with Gasteiger partial charge in [-0.3, -0.25) is 9.63 Å². The standard InChI is InChI=1S/C15H24N2O2.ClH/c16-12-8-3-1-2-7-11-15(18)17-19-13-14-9-5-4-6-10-14;/h4-6,9-10H,1-3,7-8,11-13,16H2,(H,17,18);1H. The van der Waals surface area contributed by atoms with Gasteiger partial charge < -0.3 is 5.73 Å². The molecule has 0 heterocycles. The van der Waals surface area contributed by atoms with E-state index in [-0.39, 0.29) is 18.3 Å². The number of unbranched alkanes of at least 4 members (excludes halogenated alkanes) is 4. The minimum atomic E-state index is -0.0465. The second-order valence-corrected chi connectivity index (χ2v) is 4.61. The fourth-order valence-electron chi connectivity index (χ4n) is 1.79. The first-order valence-electron chi connectivity index (χ1n) is 6.97. The Morgan fingerprint density at radius 1 is 1.05 bits per heavy atom. The minimum Gasteiger partial charge on any atom is -0.330 e. The first-order valence-corrected chi connectivity index (χ1v) is 6.97. The van der Waals surface area contributed by atoms with Gasteiger partial charge in [0.05, 0.1) is 6.61 Å². The van der Waals surface area contributed by atoms with Gasteiger partial charge in [0, 0.05) is 6.42 Å². The van der Waals surface area contributed by atoms with Gasteiger partial charge >= 0.3 is 0 Å². The van der Waals surface area contributed by atoms with E-state index >= 15 is 0 Å². The molecule has 1 amide bonds. The van der Waals surface area contributed by atoms with Gasteiger partial charge in [0.2, 0.25) is 5.91 Å². The van der Waals surface area contributed by atoms with Crippen molar-refractivity contribution < 1.29 is 9.63 Å². The molecule has 114 valence electrons. The first-order chi connectivity index (χ1) is 9.33. The number of nitrogens with one attached hydrogen (secondary N) is 1. The largest absolute Gasteiger partial charge is 0.330 e. The molecule has 0 aliphatic carbocycles. The molecule has 5 heteroatoms. The van der Waals surface area contributed by atoms with E-state index in [1.54, 1.807) is 0 Å². The zero-order valence-electron chi connectivity index (χ0n) is 11.8. The molecule has 0 spiro atoms. The van der Waals surface area contributed by atoms with Crippen molar-refractivity contribution in [3.05, 3.63) is 35.9 Å².